The average molecular weight is 305 g/mol. The van der Waals surface area contributed by atoms with Gasteiger partial charge in [-0.2, -0.15) is 0 Å². The summed E-state index contributed by atoms with van der Waals surface area (Å²) in [5.41, 5.74) is 5.86. The van der Waals surface area contributed by atoms with Gasteiger partial charge in [-0.05, 0) is 47.7 Å². The molecule has 0 saturated carbocycles. The van der Waals surface area contributed by atoms with Crippen molar-refractivity contribution in [2.75, 3.05) is 0 Å². The van der Waals surface area contributed by atoms with Crippen molar-refractivity contribution in [3.05, 3.63) is 65.5 Å². The summed E-state index contributed by atoms with van der Waals surface area (Å²) in [5, 5.41) is 12.9. The molecule has 0 unspecified atom stereocenters. The molecule has 108 valence electrons. The molecule has 2 aromatic heterocycles. The predicted molar refractivity (Wildman–Crippen MR) is 93.4 cm³/mol. The summed E-state index contributed by atoms with van der Waals surface area (Å²) in [6, 6.07) is 17.9. The zero-order valence-corrected chi connectivity index (χ0v) is 12.9. The van der Waals surface area contributed by atoms with Crippen molar-refractivity contribution in [1.82, 2.24) is 4.98 Å². The van der Waals surface area contributed by atoms with Gasteiger partial charge in [0.25, 0.3) is 0 Å². The Morgan fingerprint density at radius 2 is 1.73 bits per heavy atom. The first-order valence-electron chi connectivity index (χ1n) is 7.18. The SMILES string of the molecule is Cc1ccsc1-c1[nH]c2ccccc2c1-c1ccc(O)cc1. The standard InChI is InChI=1S/C19H15NOS/c1-12-10-11-22-19(12)18-17(13-6-8-14(21)9-7-13)15-4-2-3-5-16(15)20-18/h2-11,20-21H,1H3. The molecule has 0 aliphatic heterocycles. The van der Waals surface area contributed by atoms with Gasteiger partial charge in [0.05, 0.1) is 10.6 Å². The number of nitrogens with one attached hydrogen (secondary N) is 1. The van der Waals surface area contributed by atoms with Gasteiger partial charge < -0.3 is 10.1 Å². The van der Waals surface area contributed by atoms with Gasteiger partial charge in [0.1, 0.15) is 5.75 Å². The van der Waals surface area contributed by atoms with Gasteiger partial charge in [-0.3, -0.25) is 0 Å². The number of para-hydroxylation sites is 1. The van der Waals surface area contributed by atoms with Crippen LogP contribution < -0.4 is 0 Å². The molecule has 0 amide bonds. The van der Waals surface area contributed by atoms with E-state index >= 15 is 0 Å². The van der Waals surface area contributed by atoms with Crippen LogP contribution in [0.3, 0.4) is 0 Å². The van der Waals surface area contributed by atoms with E-state index < -0.39 is 0 Å². The van der Waals surface area contributed by atoms with Crippen LogP contribution in [0.25, 0.3) is 32.6 Å². The topological polar surface area (TPSA) is 36.0 Å². The van der Waals surface area contributed by atoms with E-state index in [-0.39, 0.29) is 5.75 Å². The lowest BCUT2D eigenvalue weighted by Crippen LogP contribution is -1.82. The molecule has 0 aliphatic rings. The van der Waals surface area contributed by atoms with Crippen LogP contribution in [0.4, 0.5) is 0 Å². The first-order chi connectivity index (χ1) is 10.7. The molecule has 2 N–H and O–H groups in total. The number of hydrogen-bond donors (Lipinski definition) is 2. The Morgan fingerprint density at radius 1 is 0.955 bits per heavy atom. The average Bonchev–Trinajstić information content (AvgIpc) is 3.11. The lowest BCUT2D eigenvalue weighted by atomic mass is 10.0. The molecule has 4 rings (SSSR count). The van der Waals surface area contributed by atoms with Crippen LogP contribution in [0.2, 0.25) is 0 Å². The fraction of sp³-hybridized carbons (Fsp3) is 0.0526. The molecule has 0 radical (unpaired) electrons. The molecule has 0 aliphatic carbocycles. The smallest absolute Gasteiger partial charge is 0.115 e. The molecule has 0 bridgehead atoms. The van der Waals surface area contributed by atoms with Gasteiger partial charge >= 0.3 is 0 Å². The molecule has 0 atom stereocenters. The summed E-state index contributed by atoms with van der Waals surface area (Å²) < 4.78 is 0. The normalized spacial score (nSPS) is 11.1. The second-order valence-corrected chi connectivity index (χ2v) is 6.32. The Balaban J connectivity index is 2.06. The zero-order valence-electron chi connectivity index (χ0n) is 12.1. The zero-order chi connectivity index (χ0) is 15.1. The van der Waals surface area contributed by atoms with Crippen molar-refractivity contribution in [2.45, 2.75) is 6.92 Å². The molecule has 2 nitrogen and oxygen atoms in total. The quantitative estimate of drug-likeness (QED) is 0.498. The molecule has 4 aromatic rings. The number of benzene rings is 2. The van der Waals surface area contributed by atoms with Gasteiger partial charge in [0.15, 0.2) is 0 Å². The summed E-state index contributed by atoms with van der Waals surface area (Å²) in [5.74, 6) is 0.289. The summed E-state index contributed by atoms with van der Waals surface area (Å²) in [4.78, 5) is 4.83. The molecule has 0 fully saturated rings. The number of aryl methyl sites for hydroxylation is 1. The Morgan fingerprint density at radius 3 is 2.45 bits per heavy atom. The minimum absolute atomic E-state index is 0.289. The maximum atomic E-state index is 9.56. The number of phenols is 1. The highest BCUT2D eigenvalue weighted by Gasteiger charge is 2.16. The van der Waals surface area contributed by atoms with Crippen LogP contribution in [-0.2, 0) is 0 Å². The van der Waals surface area contributed by atoms with Crippen LogP contribution >= 0.6 is 11.3 Å². The Kier molecular flexibility index (Phi) is 3.01. The van der Waals surface area contributed by atoms with Crippen LogP contribution in [0.1, 0.15) is 5.56 Å². The predicted octanol–water partition coefficient (Wildman–Crippen LogP) is 5.58. The number of fused-ring (bicyclic) bond motifs is 1. The highest BCUT2D eigenvalue weighted by molar-refractivity contribution is 7.13. The number of hydrogen-bond acceptors (Lipinski definition) is 2. The lowest BCUT2D eigenvalue weighted by Gasteiger charge is -2.05. The van der Waals surface area contributed by atoms with Crippen molar-refractivity contribution in [1.29, 1.82) is 0 Å². The van der Waals surface area contributed by atoms with E-state index in [0.717, 1.165) is 16.8 Å². The fourth-order valence-electron chi connectivity index (χ4n) is 2.87. The number of rotatable bonds is 2. The van der Waals surface area contributed by atoms with Crippen LogP contribution in [0.5, 0.6) is 5.75 Å². The van der Waals surface area contributed by atoms with Gasteiger partial charge in [-0.15, -0.1) is 11.3 Å². The maximum absolute atomic E-state index is 9.56. The van der Waals surface area contributed by atoms with E-state index in [1.165, 1.54) is 21.4 Å². The molecule has 2 heterocycles. The van der Waals surface area contributed by atoms with E-state index in [2.05, 4.69) is 41.6 Å². The first-order valence-corrected chi connectivity index (χ1v) is 8.06. The van der Waals surface area contributed by atoms with E-state index in [9.17, 15) is 5.11 Å². The number of aromatic amines is 1. The number of phenolic OH excluding ortho intramolecular Hbond substituents is 1. The van der Waals surface area contributed by atoms with Crippen LogP contribution in [0, 0.1) is 6.92 Å². The molecule has 2 aromatic carbocycles. The van der Waals surface area contributed by atoms with Gasteiger partial charge in [0.2, 0.25) is 0 Å². The highest BCUT2D eigenvalue weighted by atomic mass is 32.1. The Bertz CT molecular complexity index is 947. The van der Waals surface area contributed by atoms with Gasteiger partial charge in [0, 0.05) is 16.5 Å². The number of thiophene rings is 1. The molecule has 3 heteroatoms. The number of aromatic nitrogens is 1. The second kappa shape index (κ2) is 5.04. The Labute approximate surface area is 132 Å². The van der Waals surface area contributed by atoms with E-state index in [1.807, 2.05) is 18.2 Å². The van der Waals surface area contributed by atoms with Crippen molar-refractivity contribution < 1.29 is 5.11 Å². The summed E-state index contributed by atoms with van der Waals surface area (Å²) in [6.07, 6.45) is 0. The van der Waals surface area contributed by atoms with Crippen LogP contribution in [-0.4, -0.2) is 10.1 Å². The second-order valence-electron chi connectivity index (χ2n) is 5.40. The van der Waals surface area contributed by atoms with Crippen molar-refractivity contribution in [2.24, 2.45) is 0 Å². The summed E-state index contributed by atoms with van der Waals surface area (Å²) in [7, 11) is 0. The molecular formula is C19H15NOS. The molecular weight excluding hydrogens is 290 g/mol. The van der Waals surface area contributed by atoms with Gasteiger partial charge in [-0.1, -0.05) is 30.3 Å². The number of H-pyrrole nitrogens is 1. The van der Waals surface area contributed by atoms with Gasteiger partial charge in [-0.25, -0.2) is 0 Å². The van der Waals surface area contributed by atoms with E-state index in [1.54, 1.807) is 23.5 Å². The number of aromatic hydroxyl groups is 1. The third kappa shape index (κ3) is 2.02. The van der Waals surface area contributed by atoms with E-state index in [0.29, 0.717) is 0 Å². The highest BCUT2D eigenvalue weighted by Crippen LogP contribution is 2.41. The third-order valence-electron chi connectivity index (χ3n) is 3.95. The molecule has 22 heavy (non-hydrogen) atoms. The maximum Gasteiger partial charge on any atom is 0.115 e. The largest absolute Gasteiger partial charge is 0.508 e. The minimum Gasteiger partial charge on any atom is -0.508 e. The van der Waals surface area contributed by atoms with Crippen LogP contribution in [0.15, 0.2) is 60.0 Å². The minimum atomic E-state index is 0.289. The van der Waals surface area contributed by atoms with Crippen molar-refractivity contribution >= 4 is 22.2 Å². The Hall–Kier alpha value is -2.52. The summed E-state index contributed by atoms with van der Waals surface area (Å²) >= 11 is 1.75. The van der Waals surface area contributed by atoms with Crippen molar-refractivity contribution in [3.8, 4) is 27.4 Å². The lowest BCUT2D eigenvalue weighted by molar-refractivity contribution is 0.475. The third-order valence-corrected chi connectivity index (χ3v) is 4.99. The summed E-state index contributed by atoms with van der Waals surface area (Å²) in [6.45, 7) is 2.14. The van der Waals surface area contributed by atoms with Crippen molar-refractivity contribution in [3.63, 3.8) is 0 Å². The molecule has 0 spiro atoms. The fourth-order valence-corrected chi connectivity index (χ4v) is 3.80. The molecule has 0 saturated heterocycles. The monoisotopic (exact) mass is 305 g/mol. The van der Waals surface area contributed by atoms with E-state index in [4.69, 9.17) is 0 Å². The first kappa shape index (κ1) is 13.2.